The van der Waals surface area contributed by atoms with Crippen LogP contribution in [0.5, 0.6) is 0 Å². The van der Waals surface area contributed by atoms with E-state index < -0.39 is 41.4 Å². The van der Waals surface area contributed by atoms with Gasteiger partial charge in [-0.2, -0.15) is 5.10 Å². The number of hydrogen-bond acceptors (Lipinski definition) is 3. The molecule has 2 aromatic carbocycles. The summed E-state index contributed by atoms with van der Waals surface area (Å²) in [7, 11) is 1.47. The number of rotatable bonds is 4. The lowest BCUT2D eigenvalue weighted by Crippen LogP contribution is -2.34. The third-order valence-electron chi connectivity index (χ3n) is 4.11. The summed E-state index contributed by atoms with van der Waals surface area (Å²) in [6.07, 6.45) is -2.89. The van der Waals surface area contributed by atoms with Crippen LogP contribution in [-0.2, 0) is 4.79 Å². The van der Waals surface area contributed by atoms with Gasteiger partial charge in [0.15, 0.2) is 17.5 Å². The summed E-state index contributed by atoms with van der Waals surface area (Å²) in [6.45, 7) is -0.0204. The van der Waals surface area contributed by atoms with Gasteiger partial charge in [0.2, 0.25) is 5.91 Å². The van der Waals surface area contributed by atoms with E-state index in [1.807, 2.05) is 0 Å². The Morgan fingerprint density at radius 3 is 2.44 bits per heavy atom. The largest absolute Gasteiger partial charge is 0.325 e. The van der Waals surface area contributed by atoms with E-state index in [-0.39, 0.29) is 23.4 Å². The van der Waals surface area contributed by atoms with Gasteiger partial charge in [0, 0.05) is 18.3 Å². The van der Waals surface area contributed by atoms with Gasteiger partial charge in [0.25, 0.3) is 6.43 Å². The van der Waals surface area contributed by atoms with Crippen molar-refractivity contribution in [3.8, 4) is 11.1 Å². The fourth-order valence-corrected chi connectivity index (χ4v) is 2.85. The zero-order valence-corrected chi connectivity index (χ0v) is 14.0. The van der Waals surface area contributed by atoms with E-state index in [4.69, 9.17) is 0 Å². The van der Waals surface area contributed by atoms with Gasteiger partial charge in [-0.3, -0.25) is 9.80 Å². The third kappa shape index (κ3) is 3.76. The Hall–Kier alpha value is -2.97. The predicted octanol–water partition coefficient (Wildman–Crippen LogP) is 3.89. The molecule has 1 atom stereocenters. The molecule has 1 aliphatic rings. The lowest BCUT2D eigenvalue weighted by atomic mass is 10.0. The van der Waals surface area contributed by atoms with E-state index in [0.29, 0.717) is 0 Å². The number of nitrogens with one attached hydrogen (secondary N) is 1. The molecule has 0 bridgehead atoms. The van der Waals surface area contributed by atoms with Crippen LogP contribution < -0.4 is 5.32 Å². The van der Waals surface area contributed by atoms with Crippen LogP contribution in [0.25, 0.3) is 11.1 Å². The Morgan fingerprint density at radius 2 is 1.81 bits per heavy atom. The number of carbonyl (C=O) groups is 1. The molecule has 2 aromatic rings. The van der Waals surface area contributed by atoms with Gasteiger partial charge < -0.3 is 5.32 Å². The van der Waals surface area contributed by atoms with Crippen LogP contribution in [0.3, 0.4) is 0 Å². The second kappa shape index (κ2) is 7.34. The summed E-state index contributed by atoms with van der Waals surface area (Å²) < 4.78 is 66.4. The number of carbonyl (C=O) groups excluding carboxylic acids is 1. The minimum absolute atomic E-state index is 0.00594. The summed E-state index contributed by atoms with van der Waals surface area (Å²) in [6, 6.07) is 7.60. The van der Waals surface area contributed by atoms with Gasteiger partial charge in [-0.15, -0.1) is 0 Å². The van der Waals surface area contributed by atoms with Crippen molar-refractivity contribution in [2.24, 2.45) is 11.0 Å². The maximum atomic E-state index is 13.5. The predicted molar refractivity (Wildman–Crippen MR) is 89.9 cm³/mol. The molecule has 3 rings (SSSR count). The van der Waals surface area contributed by atoms with Crippen molar-refractivity contribution >= 4 is 17.3 Å². The molecule has 1 heterocycles. The molecule has 1 amide bonds. The van der Waals surface area contributed by atoms with E-state index in [9.17, 15) is 26.7 Å². The molecule has 1 aliphatic heterocycles. The van der Waals surface area contributed by atoms with Gasteiger partial charge in [0.1, 0.15) is 11.6 Å². The molecule has 0 saturated carbocycles. The molecule has 0 aliphatic carbocycles. The van der Waals surface area contributed by atoms with Gasteiger partial charge in [-0.1, -0.05) is 18.2 Å². The highest BCUT2D eigenvalue weighted by molar-refractivity contribution is 6.12. The van der Waals surface area contributed by atoms with E-state index in [0.717, 1.165) is 12.1 Å². The molecule has 0 saturated heterocycles. The van der Waals surface area contributed by atoms with E-state index in [1.54, 1.807) is 12.1 Å². The maximum Gasteiger partial charge on any atom is 0.279 e. The molecule has 0 fully saturated rings. The van der Waals surface area contributed by atoms with Crippen LogP contribution in [0.15, 0.2) is 41.5 Å². The smallest absolute Gasteiger partial charge is 0.279 e. The Kier molecular flexibility index (Phi) is 5.11. The van der Waals surface area contributed by atoms with Crippen LogP contribution >= 0.6 is 0 Å². The standard InChI is InChI=1S/C18H14F5N3O/c1-26-8-11(16(25-26)17(22)23)18(27)24-14-5-3-2-4-10(14)9-6-12(19)15(21)13(20)7-9/h2-7,11,17H,8H2,1H3,(H,24,27). The molecular weight excluding hydrogens is 369 g/mol. The van der Waals surface area contributed by atoms with Crippen molar-refractivity contribution in [1.29, 1.82) is 0 Å². The number of hydrazone groups is 1. The summed E-state index contributed by atoms with van der Waals surface area (Å²) >= 11 is 0. The second-order valence-electron chi connectivity index (χ2n) is 6.01. The van der Waals surface area contributed by atoms with E-state index in [2.05, 4.69) is 10.4 Å². The molecule has 0 radical (unpaired) electrons. The fraction of sp³-hybridized carbons (Fsp3) is 0.222. The van der Waals surface area contributed by atoms with Gasteiger partial charge in [-0.05, 0) is 23.8 Å². The minimum Gasteiger partial charge on any atom is -0.325 e. The third-order valence-corrected chi connectivity index (χ3v) is 4.11. The Labute approximate surface area is 151 Å². The van der Waals surface area contributed by atoms with E-state index in [1.165, 1.54) is 24.2 Å². The monoisotopic (exact) mass is 383 g/mol. The van der Waals surface area contributed by atoms with Crippen molar-refractivity contribution in [3.63, 3.8) is 0 Å². The van der Waals surface area contributed by atoms with Gasteiger partial charge in [-0.25, -0.2) is 22.0 Å². The molecule has 0 aromatic heterocycles. The Morgan fingerprint density at radius 1 is 1.19 bits per heavy atom. The molecule has 1 unspecified atom stereocenters. The number of alkyl halides is 2. The Balaban J connectivity index is 1.91. The topological polar surface area (TPSA) is 44.7 Å². The van der Waals surface area contributed by atoms with Crippen molar-refractivity contribution < 1.29 is 26.7 Å². The number of benzene rings is 2. The minimum atomic E-state index is -2.89. The molecular formula is C18H14F5N3O. The average Bonchev–Trinajstić information content (AvgIpc) is 3.02. The van der Waals surface area contributed by atoms with Crippen LogP contribution in [-0.4, -0.2) is 36.6 Å². The summed E-state index contributed by atoms with van der Waals surface area (Å²) in [5, 5.41) is 7.37. The zero-order chi connectivity index (χ0) is 19.7. The fourth-order valence-electron chi connectivity index (χ4n) is 2.85. The molecule has 0 spiro atoms. The summed E-state index contributed by atoms with van der Waals surface area (Å²) in [5.74, 6) is -6.25. The second-order valence-corrected chi connectivity index (χ2v) is 6.01. The molecule has 4 nitrogen and oxygen atoms in total. The summed E-state index contributed by atoms with van der Waals surface area (Å²) in [5.41, 5.74) is -0.193. The van der Waals surface area contributed by atoms with Crippen LogP contribution in [0.2, 0.25) is 0 Å². The number of para-hydroxylation sites is 1. The first kappa shape index (κ1) is 18.8. The van der Waals surface area contributed by atoms with Crippen LogP contribution in [0.4, 0.5) is 27.6 Å². The molecule has 142 valence electrons. The lowest BCUT2D eigenvalue weighted by molar-refractivity contribution is -0.118. The summed E-state index contributed by atoms with van der Waals surface area (Å²) in [4.78, 5) is 12.5. The lowest BCUT2D eigenvalue weighted by Gasteiger charge is -2.16. The van der Waals surface area contributed by atoms with Crippen molar-refractivity contribution in [3.05, 3.63) is 53.8 Å². The molecule has 9 heteroatoms. The molecule has 1 N–H and O–H groups in total. The first-order chi connectivity index (χ1) is 12.8. The van der Waals surface area contributed by atoms with Crippen LogP contribution in [0, 0.1) is 23.4 Å². The molecule has 27 heavy (non-hydrogen) atoms. The number of halogens is 5. The van der Waals surface area contributed by atoms with Crippen molar-refractivity contribution in [2.75, 3.05) is 18.9 Å². The SMILES string of the molecule is CN1CC(C(=O)Nc2ccccc2-c2cc(F)c(F)c(F)c2)C(C(F)F)=N1. The van der Waals surface area contributed by atoms with Crippen molar-refractivity contribution in [2.45, 2.75) is 6.43 Å². The van der Waals surface area contributed by atoms with Gasteiger partial charge in [0.05, 0.1) is 6.54 Å². The first-order valence-corrected chi connectivity index (χ1v) is 7.90. The highest BCUT2D eigenvalue weighted by Gasteiger charge is 2.36. The van der Waals surface area contributed by atoms with Gasteiger partial charge >= 0.3 is 0 Å². The maximum absolute atomic E-state index is 13.5. The highest BCUT2D eigenvalue weighted by atomic mass is 19.3. The normalized spacial score (nSPS) is 16.6. The first-order valence-electron chi connectivity index (χ1n) is 7.90. The quantitative estimate of drug-likeness (QED) is 0.643. The van der Waals surface area contributed by atoms with E-state index >= 15 is 0 Å². The number of hydrogen-bond donors (Lipinski definition) is 1. The number of amides is 1. The number of anilines is 1. The highest BCUT2D eigenvalue weighted by Crippen LogP contribution is 2.31. The van der Waals surface area contributed by atoms with Crippen molar-refractivity contribution in [1.82, 2.24) is 5.01 Å². The Bertz CT molecular complexity index is 893. The number of nitrogens with zero attached hydrogens (tertiary/aromatic N) is 2. The average molecular weight is 383 g/mol. The van der Waals surface area contributed by atoms with Crippen LogP contribution in [0.1, 0.15) is 0 Å². The zero-order valence-electron chi connectivity index (χ0n) is 14.0.